The van der Waals surface area contributed by atoms with Gasteiger partial charge in [-0.25, -0.2) is 0 Å². The van der Waals surface area contributed by atoms with E-state index in [2.05, 4.69) is 0 Å². The van der Waals surface area contributed by atoms with Gasteiger partial charge < -0.3 is 14.7 Å². The number of aliphatic carboxylic acids is 1. The molecular formula is C14H17NO4. The lowest BCUT2D eigenvalue weighted by molar-refractivity contribution is -0.142. The molecule has 1 aromatic rings. The van der Waals surface area contributed by atoms with Gasteiger partial charge in [0.05, 0.1) is 5.92 Å². The number of carbonyl (C=O) groups excluding carboxylic acids is 1. The van der Waals surface area contributed by atoms with Crippen LogP contribution in [0.25, 0.3) is 0 Å². The molecule has 0 aliphatic carbocycles. The van der Waals surface area contributed by atoms with Gasteiger partial charge in [-0.05, 0) is 5.56 Å². The second kappa shape index (κ2) is 5.84. The number of hydrogen-bond donors (Lipinski definition) is 1. The molecule has 2 rings (SSSR count). The molecule has 19 heavy (non-hydrogen) atoms. The quantitative estimate of drug-likeness (QED) is 0.878. The molecule has 2 unspecified atom stereocenters. The van der Waals surface area contributed by atoms with Crippen molar-refractivity contribution in [1.29, 1.82) is 0 Å². The third-order valence-corrected chi connectivity index (χ3v) is 3.49. The minimum absolute atomic E-state index is 0.00610. The lowest BCUT2D eigenvalue weighted by Crippen LogP contribution is -2.32. The van der Waals surface area contributed by atoms with Crippen LogP contribution < -0.4 is 0 Å². The van der Waals surface area contributed by atoms with E-state index in [9.17, 15) is 14.7 Å². The van der Waals surface area contributed by atoms with Crippen LogP contribution in [0.2, 0.25) is 0 Å². The molecule has 1 aliphatic heterocycles. The molecule has 1 saturated heterocycles. The number of benzene rings is 1. The SMILES string of the molecule is COCC(=O)N1CC(C(=O)O)C(c2ccccc2)C1. The number of likely N-dealkylation sites (tertiary alicyclic amines) is 1. The highest BCUT2D eigenvalue weighted by Gasteiger charge is 2.40. The summed E-state index contributed by atoms with van der Waals surface area (Å²) in [7, 11) is 1.46. The molecule has 0 saturated carbocycles. The second-order valence-electron chi connectivity index (χ2n) is 4.69. The maximum atomic E-state index is 11.8. The van der Waals surface area contributed by atoms with Gasteiger partial charge in [-0.3, -0.25) is 9.59 Å². The summed E-state index contributed by atoms with van der Waals surface area (Å²) in [6.07, 6.45) is 0. The Morgan fingerprint density at radius 1 is 1.32 bits per heavy atom. The highest BCUT2D eigenvalue weighted by atomic mass is 16.5. The van der Waals surface area contributed by atoms with Crippen molar-refractivity contribution in [2.45, 2.75) is 5.92 Å². The summed E-state index contributed by atoms with van der Waals surface area (Å²) in [6, 6.07) is 9.47. The fourth-order valence-electron chi connectivity index (χ4n) is 2.51. The van der Waals surface area contributed by atoms with Crippen LogP contribution in [0.4, 0.5) is 0 Å². The number of amides is 1. The van der Waals surface area contributed by atoms with Crippen LogP contribution in [0.15, 0.2) is 30.3 Å². The number of carboxylic acid groups (broad SMARTS) is 1. The first-order chi connectivity index (χ1) is 9.13. The van der Waals surface area contributed by atoms with E-state index in [1.54, 1.807) is 4.90 Å². The van der Waals surface area contributed by atoms with Crippen LogP contribution in [0.1, 0.15) is 11.5 Å². The standard InChI is InChI=1S/C14H17NO4/c1-19-9-13(16)15-7-11(12(8-15)14(17)18)10-5-3-2-4-6-10/h2-6,11-12H,7-9H2,1H3,(H,17,18). The molecule has 0 bridgehead atoms. The maximum absolute atomic E-state index is 11.8. The summed E-state index contributed by atoms with van der Waals surface area (Å²) < 4.78 is 4.81. The lowest BCUT2D eigenvalue weighted by Gasteiger charge is -2.15. The van der Waals surface area contributed by atoms with Crippen molar-refractivity contribution in [3.63, 3.8) is 0 Å². The van der Waals surface area contributed by atoms with Crippen molar-refractivity contribution in [3.05, 3.63) is 35.9 Å². The van der Waals surface area contributed by atoms with Crippen LogP contribution in [-0.2, 0) is 14.3 Å². The number of nitrogens with zero attached hydrogens (tertiary/aromatic N) is 1. The smallest absolute Gasteiger partial charge is 0.308 e. The average Bonchev–Trinajstić information content (AvgIpc) is 2.85. The Kier molecular flexibility index (Phi) is 4.16. The zero-order valence-corrected chi connectivity index (χ0v) is 10.8. The normalized spacial score (nSPS) is 22.5. The van der Waals surface area contributed by atoms with Crippen LogP contribution in [0, 0.1) is 5.92 Å². The number of carbonyl (C=O) groups is 2. The van der Waals surface area contributed by atoms with Gasteiger partial charge >= 0.3 is 5.97 Å². The summed E-state index contributed by atoms with van der Waals surface area (Å²) in [5.41, 5.74) is 0.961. The van der Waals surface area contributed by atoms with E-state index in [-0.39, 0.29) is 25.0 Å². The monoisotopic (exact) mass is 263 g/mol. The van der Waals surface area contributed by atoms with Gasteiger partial charge in [0.25, 0.3) is 0 Å². The Bertz CT molecular complexity index is 460. The van der Waals surface area contributed by atoms with Crippen LogP contribution >= 0.6 is 0 Å². The first kappa shape index (κ1) is 13.5. The molecule has 2 atom stereocenters. The number of ether oxygens (including phenoxy) is 1. The van der Waals surface area contributed by atoms with Gasteiger partial charge in [0.1, 0.15) is 6.61 Å². The molecule has 5 heteroatoms. The Morgan fingerprint density at radius 2 is 2.00 bits per heavy atom. The third kappa shape index (κ3) is 2.93. The largest absolute Gasteiger partial charge is 0.481 e. The average molecular weight is 263 g/mol. The zero-order chi connectivity index (χ0) is 13.8. The summed E-state index contributed by atoms with van der Waals surface area (Å²) in [5, 5.41) is 9.31. The third-order valence-electron chi connectivity index (χ3n) is 3.49. The zero-order valence-electron chi connectivity index (χ0n) is 10.8. The first-order valence-corrected chi connectivity index (χ1v) is 6.18. The van der Waals surface area contributed by atoms with E-state index >= 15 is 0 Å². The van der Waals surface area contributed by atoms with Crippen LogP contribution in [0.3, 0.4) is 0 Å². The molecule has 1 heterocycles. The van der Waals surface area contributed by atoms with Gasteiger partial charge in [0, 0.05) is 26.1 Å². The summed E-state index contributed by atoms with van der Waals surface area (Å²) in [5.74, 6) is -1.73. The molecule has 102 valence electrons. The Labute approximate surface area is 111 Å². The van der Waals surface area contributed by atoms with Crippen LogP contribution in [0.5, 0.6) is 0 Å². The first-order valence-electron chi connectivity index (χ1n) is 6.18. The van der Waals surface area contributed by atoms with E-state index in [0.29, 0.717) is 6.54 Å². The molecule has 0 aromatic heterocycles. The van der Waals surface area contributed by atoms with Gasteiger partial charge in [-0.2, -0.15) is 0 Å². The predicted octanol–water partition coefficient (Wildman–Crippen LogP) is 0.960. The minimum atomic E-state index is -0.860. The van der Waals surface area contributed by atoms with Gasteiger partial charge in [0.15, 0.2) is 0 Å². The van der Waals surface area contributed by atoms with Gasteiger partial charge in [0.2, 0.25) is 5.91 Å². The molecule has 1 aromatic carbocycles. The van der Waals surface area contributed by atoms with Crippen LogP contribution in [-0.4, -0.2) is 48.7 Å². The van der Waals surface area contributed by atoms with E-state index in [0.717, 1.165) is 5.56 Å². The number of methoxy groups -OCH3 is 1. The molecule has 5 nitrogen and oxygen atoms in total. The minimum Gasteiger partial charge on any atom is -0.481 e. The molecule has 1 aliphatic rings. The predicted molar refractivity (Wildman–Crippen MR) is 68.8 cm³/mol. The van der Waals surface area contributed by atoms with E-state index < -0.39 is 11.9 Å². The molecule has 1 N–H and O–H groups in total. The summed E-state index contributed by atoms with van der Waals surface area (Å²) in [6.45, 7) is 0.675. The summed E-state index contributed by atoms with van der Waals surface area (Å²) >= 11 is 0. The summed E-state index contributed by atoms with van der Waals surface area (Å²) in [4.78, 5) is 24.7. The Morgan fingerprint density at radius 3 is 2.58 bits per heavy atom. The fourth-order valence-corrected chi connectivity index (χ4v) is 2.51. The molecule has 1 amide bonds. The Balaban J connectivity index is 2.18. The van der Waals surface area contributed by atoms with Crippen molar-refractivity contribution in [2.75, 3.05) is 26.8 Å². The van der Waals surface area contributed by atoms with Crippen molar-refractivity contribution in [3.8, 4) is 0 Å². The number of carboxylic acids is 1. The number of rotatable bonds is 4. The van der Waals surface area contributed by atoms with E-state index in [1.807, 2.05) is 30.3 Å². The highest BCUT2D eigenvalue weighted by molar-refractivity contribution is 5.80. The molecular weight excluding hydrogens is 246 g/mol. The molecule has 0 spiro atoms. The van der Waals surface area contributed by atoms with Crippen molar-refractivity contribution in [1.82, 2.24) is 4.90 Å². The molecule has 0 radical (unpaired) electrons. The van der Waals surface area contributed by atoms with E-state index in [4.69, 9.17) is 4.74 Å². The molecule has 1 fully saturated rings. The highest BCUT2D eigenvalue weighted by Crippen LogP contribution is 2.32. The fraction of sp³-hybridized carbons (Fsp3) is 0.429. The van der Waals surface area contributed by atoms with Crippen molar-refractivity contribution in [2.24, 2.45) is 5.92 Å². The maximum Gasteiger partial charge on any atom is 0.308 e. The lowest BCUT2D eigenvalue weighted by atomic mass is 9.89. The van der Waals surface area contributed by atoms with E-state index in [1.165, 1.54) is 7.11 Å². The Hall–Kier alpha value is -1.88. The van der Waals surface area contributed by atoms with Crippen molar-refractivity contribution < 1.29 is 19.4 Å². The van der Waals surface area contributed by atoms with Gasteiger partial charge in [-0.15, -0.1) is 0 Å². The van der Waals surface area contributed by atoms with Crippen molar-refractivity contribution >= 4 is 11.9 Å². The second-order valence-corrected chi connectivity index (χ2v) is 4.69. The topological polar surface area (TPSA) is 66.8 Å². The number of hydrogen-bond acceptors (Lipinski definition) is 3. The van der Waals surface area contributed by atoms with Gasteiger partial charge in [-0.1, -0.05) is 30.3 Å².